The van der Waals surface area contributed by atoms with Crippen molar-refractivity contribution in [2.45, 2.75) is 13.8 Å². The SMILES string of the molecule is CC(C)CO.O=S(=O)([O-])[O-].[Na+].[Na+]. The van der Waals surface area contributed by atoms with Crippen LogP contribution in [0.4, 0.5) is 0 Å². The largest absolute Gasteiger partial charge is 1.00 e. The van der Waals surface area contributed by atoms with Gasteiger partial charge in [-0.1, -0.05) is 13.8 Å². The summed E-state index contributed by atoms with van der Waals surface area (Å²) < 4.78 is 34.1. The van der Waals surface area contributed by atoms with Gasteiger partial charge in [-0.15, -0.1) is 0 Å². The van der Waals surface area contributed by atoms with Crippen LogP contribution in [0.3, 0.4) is 0 Å². The summed E-state index contributed by atoms with van der Waals surface area (Å²) in [5.74, 6) is 0.440. The van der Waals surface area contributed by atoms with E-state index in [2.05, 4.69) is 0 Å². The van der Waals surface area contributed by atoms with Gasteiger partial charge in [-0.2, -0.15) is 0 Å². The second-order valence-electron chi connectivity index (χ2n) is 1.98. The second-order valence-corrected chi connectivity index (χ2v) is 2.80. The normalized spacial score (nSPS) is 8.83. The number of rotatable bonds is 1. The van der Waals surface area contributed by atoms with E-state index in [1.54, 1.807) is 0 Å². The maximum atomic E-state index is 8.52. The molecule has 0 rings (SSSR count). The molecule has 64 valence electrons. The summed E-state index contributed by atoms with van der Waals surface area (Å²) in [6.07, 6.45) is 0. The van der Waals surface area contributed by atoms with Crippen molar-refractivity contribution in [2.75, 3.05) is 6.61 Å². The molecule has 0 aliphatic heterocycles. The van der Waals surface area contributed by atoms with Crippen LogP contribution in [0.25, 0.3) is 0 Å². The van der Waals surface area contributed by atoms with Crippen molar-refractivity contribution < 1.29 is 81.7 Å². The fraction of sp³-hybridized carbons (Fsp3) is 1.00. The Balaban J connectivity index is -0.0000000457. The summed E-state index contributed by atoms with van der Waals surface area (Å²) in [6.45, 7) is 4.25. The Morgan fingerprint density at radius 3 is 1.33 bits per heavy atom. The molecule has 0 unspecified atom stereocenters. The van der Waals surface area contributed by atoms with Gasteiger partial charge in [0.15, 0.2) is 0 Å². The van der Waals surface area contributed by atoms with Crippen LogP contribution in [-0.4, -0.2) is 29.2 Å². The Morgan fingerprint density at radius 2 is 1.33 bits per heavy atom. The van der Waals surface area contributed by atoms with E-state index in [-0.39, 0.29) is 59.1 Å². The van der Waals surface area contributed by atoms with Crippen LogP contribution in [0.1, 0.15) is 13.8 Å². The Morgan fingerprint density at radius 1 is 1.25 bits per heavy atom. The molecule has 1 N–H and O–H groups in total. The van der Waals surface area contributed by atoms with E-state index >= 15 is 0 Å². The van der Waals surface area contributed by atoms with E-state index in [1.165, 1.54) is 0 Å². The Kier molecular flexibility index (Phi) is 25.2. The molecule has 0 atom stereocenters. The number of aliphatic hydroxyl groups is 1. The summed E-state index contributed by atoms with van der Waals surface area (Å²) in [5, 5.41) is 8.14. The topological polar surface area (TPSA) is 100 Å². The van der Waals surface area contributed by atoms with Gasteiger partial charge in [-0.25, -0.2) is 0 Å². The van der Waals surface area contributed by atoms with Gasteiger partial charge in [0.05, 0.1) is 0 Å². The minimum absolute atomic E-state index is 0. The monoisotopic (exact) mass is 216 g/mol. The average Bonchev–Trinajstić information content (AvgIpc) is 1.61. The van der Waals surface area contributed by atoms with Crippen LogP contribution < -0.4 is 59.1 Å². The zero-order valence-corrected chi connectivity index (χ0v) is 12.6. The molecule has 0 bridgehead atoms. The Labute approximate surface area is 117 Å². The third-order valence-electron chi connectivity index (χ3n) is 0.365. The van der Waals surface area contributed by atoms with Gasteiger partial charge in [0, 0.05) is 17.0 Å². The van der Waals surface area contributed by atoms with Crippen LogP contribution >= 0.6 is 0 Å². The molecule has 0 aromatic carbocycles. The molecule has 0 saturated carbocycles. The summed E-state index contributed by atoms with van der Waals surface area (Å²) in [5.41, 5.74) is 0. The molecular weight excluding hydrogens is 206 g/mol. The van der Waals surface area contributed by atoms with E-state index in [0.717, 1.165) is 0 Å². The molecule has 0 aliphatic carbocycles. The van der Waals surface area contributed by atoms with Crippen LogP contribution in [0, 0.1) is 5.92 Å². The summed E-state index contributed by atoms with van der Waals surface area (Å²) in [7, 11) is -5.17. The van der Waals surface area contributed by atoms with Gasteiger partial charge < -0.3 is 14.2 Å². The Hall–Kier alpha value is 1.83. The molecule has 0 aliphatic rings. The van der Waals surface area contributed by atoms with Gasteiger partial charge in [-0.05, 0) is 5.92 Å². The van der Waals surface area contributed by atoms with Gasteiger partial charge in [0.2, 0.25) is 0 Å². The van der Waals surface area contributed by atoms with E-state index in [9.17, 15) is 0 Å². The molecule has 12 heavy (non-hydrogen) atoms. The number of hydrogen-bond donors (Lipinski definition) is 1. The van der Waals surface area contributed by atoms with Gasteiger partial charge in [0.25, 0.3) is 0 Å². The smallest absolute Gasteiger partial charge is 0.759 e. The maximum absolute atomic E-state index is 8.52. The third-order valence-corrected chi connectivity index (χ3v) is 0.365. The molecule has 8 heteroatoms. The quantitative estimate of drug-likeness (QED) is 0.267. The summed E-state index contributed by atoms with van der Waals surface area (Å²) in [4.78, 5) is 0. The van der Waals surface area contributed by atoms with Gasteiger partial charge >= 0.3 is 59.1 Å². The molecule has 0 amide bonds. The minimum atomic E-state index is -5.17. The maximum Gasteiger partial charge on any atom is 1.00 e. The van der Waals surface area contributed by atoms with Crippen LogP contribution in [0.15, 0.2) is 0 Å². The van der Waals surface area contributed by atoms with Crippen molar-refractivity contribution in [3.8, 4) is 0 Å². The zero-order valence-electron chi connectivity index (χ0n) is 7.77. The summed E-state index contributed by atoms with van der Waals surface area (Å²) >= 11 is 0. The third kappa shape index (κ3) is 94.6. The molecule has 0 spiro atoms. The van der Waals surface area contributed by atoms with Crippen LogP contribution in [0.5, 0.6) is 0 Å². The molecule has 0 aromatic heterocycles. The van der Waals surface area contributed by atoms with Crippen molar-refractivity contribution in [3.63, 3.8) is 0 Å². The van der Waals surface area contributed by atoms with Crippen molar-refractivity contribution in [3.05, 3.63) is 0 Å². The predicted molar refractivity (Wildman–Crippen MR) is 32.4 cm³/mol. The zero-order chi connectivity index (χ0) is 8.78. The molecule has 0 heterocycles. The van der Waals surface area contributed by atoms with Crippen LogP contribution in [0.2, 0.25) is 0 Å². The van der Waals surface area contributed by atoms with Crippen molar-refractivity contribution in [1.82, 2.24) is 0 Å². The first-order valence-corrected chi connectivity index (χ1v) is 3.88. The standard InChI is InChI=1S/C4H10O.2Na.H2O4S/c1-4(2)3-5;;;1-5(2,3)4/h4-5H,3H2,1-2H3;;;(H2,1,2,3,4)/q;2*+1;/p-2. The van der Waals surface area contributed by atoms with E-state index in [1.807, 2.05) is 13.8 Å². The Bertz CT molecular complexity index is 147. The molecule has 5 nitrogen and oxygen atoms in total. The van der Waals surface area contributed by atoms with Crippen molar-refractivity contribution >= 4 is 10.4 Å². The van der Waals surface area contributed by atoms with Gasteiger partial charge in [-0.3, -0.25) is 8.42 Å². The fourth-order valence-electron chi connectivity index (χ4n) is 0. The molecule has 0 saturated heterocycles. The first-order chi connectivity index (χ1) is 4.27. The summed E-state index contributed by atoms with van der Waals surface area (Å²) in [6, 6.07) is 0. The van der Waals surface area contributed by atoms with Crippen LogP contribution in [-0.2, 0) is 10.4 Å². The second kappa shape index (κ2) is 12.8. The minimum Gasteiger partial charge on any atom is -0.759 e. The first-order valence-electron chi connectivity index (χ1n) is 2.55. The molecule has 0 fully saturated rings. The predicted octanol–water partition coefficient (Wildman–Crippen LogP) is -6.70. The molecule has 0 aromatic rings. The number of aliphatic hydroxyl groups excluding tert-OH is 1. The molecular formula is C4H10Na2O5S. The van der Waals surface area contributed by atoms with E-state index in [4.69, 9.17) is 22.6 Å². The van der Waals surface area contributed by atoms with Crippen molar-refractivity contribution in [1.29, 1.82) is 0 Å². The van der Waals surface area contributed by atoms with E-state index in [0.29, 0.717) is 12.5 Å². The number of hydrogen-bond acceptors (Lipinski definition) is 5. The fourth-order valence-corrected chi connectivity index (χ4v) is 0. The molecule has 0 radical (unpaired) electrons. The van der Waals surface area contributed by atoms with Gasteiger partial charge in [0.1, 0.15) is 0 Å². The van der Waals surface area contributed by atoms with E-state index < -0.39 is 10.4 Å². The van der Waals surface area contributed by atoms with Crippen molar-refractivity contribution in [2.24, 2.45) is 5.92 Å². The average molecular weight is 216 g/mol. The first kappa shape index (κ1) is 23.6.